The van der Waals surface area contributed by atoms with Crippen LogP contribution in [0.3, 0.4) is 0 Å². The molecule has 0 aliphatic rings. The van der Waals surface area contributed by atoms with Gasteiger partial charge in [0.25, 0.3) is 0 Å². The van der Waals surface area contributed by atoms with E-state index in [1.54, 1.807) is 13.8 Å². The molecule has 0 atom stereocenters. The summed E-state index contributed by atoms with van der Waals surface area (Å²) in [7, 11) is 0. The van der Waals surface area contributed by atoms with Gasteiger partial charge < -0.3 is 9.84 Å². The molecule has 0 saturated carbocycles. The molecule has 0 bridgehead atoms. The predicted molar refractivity (Wildman–Crippen MR) is 69.9 cm³/mol. The Bertz CT molecular complexity index is 413. The van der Waals surface area contributed by atoms with Crippen LogP contribution in [0.15, 0.2) is 23.1 Å². The quantitative estimate of drug-likeness (QED) is 0.818. The lowest BCUT2D eigenvalue weighted by Crippen LogP contribution is -2.26. The van der Waals surface area contributed by atoms with Crippen molar-refractivity contribution in [2.45, 2.75) is 37.3 Å². The first kappa shape index (κ1) is 13.9. The van der Waals surface area contributed by atoms with Gasteiger partial charge in [-0.15, -0.1) is 11.8 Å². The van der Waals surface area contributed by atoms with Crippen molar-refractivity contribution in [1.29, 1.82) is 0 Å². The Balaban J connectivity index is 2.87. The molecule has 3 nitrogen and oxygen atoms in total. The van der Waals surface area contributed by atoms with Gasteiger partial charge in [-0.3, -0.25) is 4.79 Å². The number of ether oxygens (including phenoxy) is 1. The van der Waals surface area contributed by atoms with E-state index in [2.05, 4.69) is 0 Å². The minimum Gasteiger partial charge on any atom is -0.494 e. The molecule has 1 N–H and O–H groups in total. The van der Waals surface area contributed by atoms with Crippen LogP contribution in [0.1, 0.15) is 26.3 Å². The summed E-state index contributed by atoms with van der Waals surface area (Å²) in [6, 6.07) is 5.74. The third kappa shape index (κ3) is 3.66. The minimum atomic E-state index is -0.820. The van der Waals surface area contributed by atoms with Gasteiger partial charge in [-0.2, -0.15) is 0 Å². The molecule has 0 aliphatic carbocycles. The first-order chi connectivity index (χ1) is 7.86. The predicted octanol–water partition coefficient (Wildman–Crippen LogP) is 3.35. The monoisotopic (exact) mass is 254 g/mol. The zero-order valence-corrected chi connectivity index (χ0v) is 11.4. The number of thioether (sulfide) groups is 1. The molecule has 17 heavy (non-hydrogen) atoms. The molecule has 0 aromatic heterocycles. The second-order valence-electron chi connectivity index (χ2n) is 4.28. The third-order valence-electron chi connectivity index (χ3n) is 2.33. The highest BCUT2D eigenvalue weighted by Gasteiger charge is 2.28. The van der Waals surface area contributed by atoms with Gasteiger partial charge in [0.2, 0.25) is 0 Å². The lowest BCUT2D eigenvalue weighted by atomic mass is 10.2. The molecule has 0 unspecified atom stereocenters. The van der Waals surface area contributed by atoms with E-state index in [0.29, 0.717) is 6.61 Å². The Labute approximate surface area is 106 Å². The van der Waals surface area contributed by atoms with Crippen LogP contribution in [0.2, 0.25) is 0 Å². The van der Waals surface area contributed by atoms with Crippen LogP contribution in [0.4, 0.5) is 0 Å². The smallest absolute Gasteiger partial charge is 0.319 e. The van der Waals surface area contributed by atoms with Gasteiger partial charge in [-0.25, -0.2) is 0 Å². The molecule has 0 saturated heterocycles. The number of benzene rings is 1. The fraction of sp³-hybridized carbons (Fsp3) is 0.462. The van der Waals surface area contributed by atoms with Crippen molar-refractivity contribution < 1.29 is 14.6 Å². The number of carboxylic acid groups (broad SMARTS) is 1. The summed E-state index contributed by atoms with van der Waals surface area (Å²) in [5, 5.41) is 9.07. The van der Waals surface area contributed by atoms with Crippen LogP contribution >= 0.6 is 11.8 Å². The molecule has 94 valence electrons. The largest absolute Gasteiger partial charge is 0.494 e. The maximum atomic E-state index is 11.0. The SMILES string of the molecule is CCOc1ccc(SC(C)(C)C(=O)O)cc1C. The Hall–Kier alpha value is -1.16. The lowest BCUT2D eigenvalue weighted by Gasteiger charge is -2.19. The van der Waals surface area contributed by atoms with Crippen LogP contribution in [0.25, 0.3) is 0 Å². The standard InChI is InChI=1S/C13H18O3S/c1-5-16-11-7-6-10(8-9(11)2)17-13(3,4)12(14)15/h6-8H,5H2,1-4H3,(H,14,15). The normalized spacial score (nSPS) is 11.3. The van der Waals surface area contributed by atoms with E-state index in [1.165, 1.54) is 11.8 Å². The molecule has 1 aromatic rings. The molecule has 1 aromatic carbocycles. The van der Waals surface area contributed by atoms with Crippen molar-refractivity contribution in [2.24, 2.45) is 0 Å². The fourth-order valence-corrected chi connectivity index (χ4v) is 2.39. The van der Waals surface area contributed by atoms with Crippen molar-refractivity contribution in [3.05, 3.63) is 23.8 Å². The summed E-state index contributed by atoms with van der Waals surface area (Å²) in [6.07, 6.45) is 0. The van der Waals surface area contributed by atoms with Crippen LogP contribution < -0.4 is 4.74 Å². The summed E-state index contributed by atoms with van der Waals surface area (Å²) in [5.74, 6) is 0.0408. The Morgan fingerprint density at radius 2 is 2.12 bits per heavy atom. The zero-order valence-electron chi connectivity index (χ0n) is 10.6. The van der Waals surface area contributed by atoms with E-state index < -0.39 is 10.7 Å². The first-order valence-corrected chi connectivity index (χ1v) is 6.34. The van der Waals surface area contributed by atoms with Gasteiger partial charge in [0.05, 0.1) is 6.61 Å². The maximum absolute atomic E-state index is 11.0. The molecule has 1 rings (SSSR count). The highest BCUT2D eigenvalue weighted by molar-refractivity contribution is 8.01. The summed E-state index contributed by atoms with van der Waals surface area (Å²) in [4.78, 5) is 12.0. The third-order valence-corrected chi connectivity index (χ3v) is 3.51. The average Bonchev–Trinajstić information content (AvgIpc) is 2.21. The van der Waals surface area contributed by atoms with E-state index in [4.69, 9.17) is 9.84 Å². The molecule has 4 heteroatoms. The van der Waals surface area contributed by atoms with E-state index in [0.717, 1.165) is 16.2 Å². The number of carboxylic acids is 1. The van der Waals surface area contributed by atoms with Crippen LogP contribution in [0.5, 0.6) is 5.75 Å². The second kappa shape index (κ2) is 5.45. The first-order valence-electron chi connectivity index (χ1n) is 5.52. The van der Waals surface area contributed by atoms with Crippen LogP contribution in [0, 0.1) is 6.92 Å². The number of aryl methyl sites for hydroxylation is 1. The summed E-state index contributed by atoms with van der Waals surface area (Å²) >= 11 is 1.34. The van der Waals surface area contributed by atoms with Crippen LogP contribution in [-0.2, 0) is 4.79 Å². The molecular weight excluding hydrogens is 236 g/mol. The summed E-state index contributed by atoms with van der Waals surface area (Å²) < 4.78 is 4.62. The van der Waals surface area contributed by atoms with Gasteiger partial charge in [0, 0.05) is 4.90 Å². The Kier molecular flexibility index (Phi) is 4.46. The number of carbonyl (C=O) groups is 1. The van der Waals surface area contributed by atoms with Gasteiger partial charge in [-0.1, -0.05) is 0 Å². The zero-order chi connectivity index (χ0) is 13.1. The Morgan fingerprint density at radius 1 is 1.47 bits per heavy atom. The molecule has 0 spiro atoms. The molecule has 0 heterocycles. The number of aliphatic carboxylic acids is 1. The van der Waals surface area contributed by atoms with Crippen molar-refractivity contribution in [3.8, 4) is 5.75 Å². The highest BCUT2D eigenvalue weighted by atomic mass is 32.2. The second-order valence-corrected chi connectivity index (χ2v) is 5.97. The van der Waals surface area contributed by atoms with E-state index in [1.807, 2.05) is 32.0 Å². The highest BCUT2D eigenvalue weighted by Crippen LogP contribution is 2.34. The van der Waals surface area contributed by atoms with E-state index in [-0.39, 0.29) is 0 Å². The van der Waals surface area contributed by atoms with Crippen LogP contribution in [-0.4, -0.2) is 22.4 Å². The van der Waals surface area contributed by atoms with Crippen molar-refractivity contribution in [3.63, 3.8) is 0 Å². The number of hydrogen-bond acceptors (Lipinski definition) is 3. The van der Waals surface area contributed by atoms with E-state index >= 15 is 0 Å². The molecule has 0 amide bonds. The molecular formula is C13H18O3S. The lowest BCUT2D eigenvalue weighted by molar-refractivity contribution is -0.138. The van der Waals surface area contributed by atoms with Crippen molar-refractivity contribution in [1.82, 2.24) is 0 Å². The van der Waals surface area contributed by atoms with Gasteiger partial charge in [0.1, 0.15) is 10.5 Å². The summed E-state index contributed by atoms with van der Waals surface area (Å²) in [6.45, 7) is 7.93. The molecule has 0 fully saturated rings. The number of rotatable bonds is 5. The van der Waals surface area contributed by atoms with E-state index in [9.17, 15) is 4.79 Å². The van der Waals surface area contributed by atoms with Gasteiger partial charge >= 0.3 is 5.97 Å². The maximum Gasteiger partial charge on any atom is 0.319 e. The average molecular weight is 254 g/mol. The fourth-order valence-electron chi connectivity index (χ4n) is 1.34. The van der Waals surface area contributed by atoms with Crippen molar-refractivity contribution >= 4 is 17.7 Å². The molecule has 0 aliphatic heterocycles. The Morgan fingerprint density at radius 3 is 2.59 bits per heavy atom. The topological polar surface area (TPSA) is 46.5 Å². The number of hydrogen-bond donors (Lipinski definition) is 1. The molecule has 0 radical (unpaired) electrons. The summed E-state index contributed by atoms with van der Waals surface area (Å²) in [5.41, 5.74) is 1.03. The minimum absolute atomic E-state index is 0.633. The van der Waals surface area contributed by atoms with Gasteiger partial charge in [-0.05, 0) is 51.5 Å². The van der Waals surface area contributed by atoms with Crippen molar-refractivity contribution in [2.75, 3.05) is 6.61 Å². The van der Waals surface area contributed by atoms with Gasteiger partial charge in [0.15, 0.2) is 0 Å².